The van der Waals surface area contributed by atoms with Crippen LogP contribution in [-0.4, -0.2) is 35.1 Å². The van der Waals surface area contributed by atoms with E-state index in [0.29, 0.717) is 11.2 Å². The lowest BCUT2D eigenvalue weighted by Gasteiger charge is -2.03. The fraction of sp³-hybridized carbons (Fsp3) is 0. The highest BCUT2D eigenvalue weighted by Gasteiger charge is 2.16. The molecule has 1 aromatic carbocycles. The maximum Gasteiger partial charge on any atom is 0.181 e. The third-order valence-electron chi connectivity index (χ3n) is 5.25. The van der Waals surface area contributed by atoms with E-state index in [-0.39, 0.29) is 5.82 Å². The van der Waals surface area contributed by atoms with Crippen molar-refractivity contribution in [3.05, 3.63) is 79.4 Å². The highest BCUT2D eigenvalue weighted by molar-refractivity contribution is 6.00. The van der Waals surface area contributed by atoms with Crippen molar-refractivity contribution in [1.29, 1.82) is 0 Å². The van der Waals surface area contributed by atoms with Gasteiger partial charge in [-0.15, -0.1) is 0 Å². The fourth-order valence-electron chi connectivity index (χ4n) is 3.77. The van der Waals surface area contributed by atoms with E-state index < -0.39 is 0 Å². The highest BCUT2D eigenvalue weighted by atomic mass is 19.1. The average molecular weight is 407 g/mol. The molecule has 0 unspecified atom stereocenters. The zero-order chi connectivity index (χ0) is 20.8. The molecule has 0 saturated heterocycles. The van der Waals surface area contributed by atoms with Crippen LogP contribution in [0.1, 0.15) is 0 Å². The molecule has 5 aromatic heterocycles. The monoisotopic (exact) mass is 407 g/mol. The summed E-state index contributed by atoms with van der Waals surface area (Å²) in [6.07, 6.45) is 10.1. The van der Waals surface area contributed by atoms with E-state index in [4.69, 9.17) is 0 Å². The molecule has 31 heavy (non-hydrogen) atoms. The number of H-pyrrole nitrogens is 2. The number of pyridine rings is 2. The predicted octanol–water partition coefficient (Wildman–Crippen LogP) is 4.76. The van der Waals surface area contributed by atoms with E-state index >= 15 is 0 Å². The smallest absolute Gasteiger partial charge is 0.181 e. The summed E-state index contributed by atoms with van der Waals surface area (Å²) in [4.78, 5) is 20.6. The molecule has 0 spiro atoms. The van der Waals surface area contributed by atoms with Gasteiger partial charge in [-0.1, -0.05) is 18.2 Å². The summed E-state index contributed by atoms with van der Waals surface area (Å²) in [5.74, 6) is -0.288. The van der Waals surface area contributed by atoms with Crippen LogP contribution in [0.25, 0.3) is 55.7 Å². The summed E-state index contributed by atoms with van der Waals surface area (Å²) >= 11 is 0. The Kier molecular flexibility index (Phi) is 3.82. The van der Waals surface area contributed by atoms with Gasteiger partial charge in [0.05, 0.1) is 35.0 Å². The Morgan fingerprint density at radius 2 is 1.74 bits per heavy atom. The van der Waals surface area contributed by atoms with Gasteiger partial charge in [-0.2, -0.15) is 5.10 Å². The first kappa shape index (κ1) is 17.4. The van der Waals surface area contributed by atoms with Crippen molar-refractivity contribution in [3.8, 4) is 33.8 Å². The third kappa shape index (κ3) is 2.84. The molecule has 0 saturated carbocycles. The molecule has 0 aliphatic carbocycles. The van der Waals surface area contributed by atoms with Gasteiger partial charge in [0.25, 0.3) is 0 Å². The fourth-order valence-corrected chi connectivity index (χ4v) is 3.77. The molecule has 0 fully saturated rings. The Morgan fingerprint density at radius 3 is 2.61 bits per heavy atom. The van der Waals surface area contributed by atoms with E-state index in [1.165, 1.54) is 6.07 Å². The Bertz CT molecular complexity index is 1550. The number of aromatic nitrogens is 7. The first-order valence-corrected chi connectivity index (χ1v) is 9.60. The lowest BCUT2D eigenvalue weighted by molar-refractivity contribution is 0.631. The van der Waals surface area contributed by atoms with Crippen LogP contribution in [0.4, 0.5) is 4.39 Å². The van der Waals surface area contributed by atoms with Crippen LogP contribution in [0.3, 0.4) is 0 Å². The standard InChI is InChI=1S/C23H14FN7/c24-18-4-2-1-3-14(18)17-10-26-12-21-15(17)8-19(29-21)22-16-7-13(9-28-23(16)31-30-22)20-11-25-5-6-27-20/h1-12,29H,(H,28,30,31). The number of halogens is 1. The molecular formula is C23H14FN7. The molecular weight excluding hydrogens is 393 g/mol. The minimum atomic E-state index is -0.288. The molecule has 6 aromatic rings. The highest BCUT2D eigenvalue weighted by Crippen LogP contribution is 2.34. The average Bonchev–Trinajstić information content (AvgIpc) is 3.43. The number of hydrogen-bond donors (Lipinski definition) is 2. The number of rotatable bonds is 3. The van der Waals surface area contributed by atoms with Gasteiger partial charge in [-0.25, -0.2) is 9.37 Å². The second-order valence-electron chi connectivity index (χ2n) is 7.10. The number of hydrogen-bond acceptors (Lipinski definition) is 5. The van der Waals surface area contributed by atoms with Crippen molar-refractivity contribution in [2.45, 2.75) is 0 Å². The van der Waals surface area contributed by atoms with E-state index in [1.807, 2.05) is 18.2 Å². The summed E-state index contributed by atoms with van der Waals surface area (Å²) in [5, 5.41) is 9.11. The quantitative estimate of drug-likeness (QED) is 0.441. The molecule has 8 heteroatoms. The van der Waals surface area contributed by atoms with E-state index in [9.17, 15) is 4.39 Å². The van der Waals surface area contributed by atoms with Gasteiger partial charge >= 0.3 is 0 Å². The maximum absolute atomic E-state index is 14.4. The van der Waals surface area contributed by atoms with Gasteiger partial charge in [0.15, 0.2) is 5.65 Å². The van der Waals surface area contributed by atoms with Gasteiger partial charge in [-0.05, 0) is 18.2 Å². The van der Waals surface area contributed by atoms with Crippen molar-refractivity contribution in [2.75, 3.05) is 0 Å². The lowest BCUT2D eigenvalue weighted by Crippen LogP contribution is -1.86. The summed E-state index contributed by atoms with van der Waals surface area (Å²) in [6, 6.07) is 10.6. The number of nitrogens with zero attached hydrogens (tertiary/aromatic N) is 5. The molecule has 2 N–H and O–H groups in total. The summed E-state index contributed by atoms with van der Waals surface area (Å²) in [5.41, 5.74) is 5.78. The lowest BCUT2D eigenvalue weighted by atomic mass is 10.0. The molecule has 0 radical (unpaired) electrons. The Hall–Kier alpha value is -4.46. The minimum Gasteiger partial charge on any atom is -0.352 e. The molecule has 6 rings (SSSR count). The van der Waals surface area contributed by atoms with Crippen LogP contribution >= 0.6 is 0 Å². The van der Waals surface area contributed by atoms with Crippen LogP contribution in [0.15, 0.2) is 73.6 Å². The van der Waals surface area contributed by atoms with Gasteiger partial charge in [-0.3, -0.25) is 20.1 Å². The van der Waals surface area contributed by atoms with Crippen molar-refractivity contribution in [2.24, 2.45) is 0 Å². The van der Waals surface area contributed by atoms with Crippen LogP contribution in [-0.2, 0) is 0 Å². The largest absolute Gasteiger partial charge is 0.352 e. The van der Waals surface area contributed by atoms with Crippen LogP contribution in [0.5, 0.6) is 0 Å². The third-order valence-corrected chi connectivity index (χ3v) is 5.25. The van der Waals surface area contributed by atoms with Crippen molar-refractivity contribution in [3.63, 3.8) is 0 Å². The first-order valence-electron chi connectivity index (χ1n) is 9.60. The predicted molar refractivity (Wildman–Crippen MR) is 115 cm³/mol. The molecule has 0 bridgehead atoms. The molecule has 148 valence electrons. The topological polar surface area (TPSA) is 96.0 Å². The van der Waals surface area contributed by atoms with E-state index in [2.05, 4.69) is 35.1 Å². The van der Waals surface area contributed by atoms with Crippen molar-refractivity contribution >= 4 is 21.9 Å². The summed E-state index contributed by atoms with van der Waals surface area (Å²) in [6.45, 7) is 0. The molecule has 5 heterocycles. The van der Waals surface area contributed by atoms with Gasteiger partial charge in [0.1, 0.15) is 5.82 Å². The zero-order valence-electron chi connectivity index (χ0n) is 16.0. The Labute approximate surface area is 175 Å². The number of benzene rings is 1. The number of aromatic amines is 2. The number of nitrogens with one attached hydrogen (secondary N) is 2. The Balaban J connectivity index is 1.53. The van der Waals surface area contributed by atoms with Crippen LogP contribution < -0.4 is 0 Å². The Morgan fingerprint density at radius 1 is 0.806 bits per heavy atom. The van der Waals surface area contributed by atoms with Gasteiger partial charge < -0.3 is 4.98 Å². The second-order valence-corrected chi connectivity index (χ2v) is 7.10. The van der Waals surface area contributed by atoms with Crippen LogP contribution in [0, 0.1) is 5.82 Å². The zero-order valence-corrected chi connectivity index (χ0v) is 16.0. The summed E-state index contributed by atoms with van der Waals surface area (Å²) in [7, 11) is 0. The minimum absolute atomic E-state index is 0.288. The molecule has 7 nitrogen and oxygen atoms in total. The van der Waals surface area contributed by atoms with E-state index in [1.54, 1.807) is 49.3 Å². The molecule has 0 aliphatic rings. The molecule has 0 atom stereocenters. The van der Waals surface area contributed by atoms with Gasteiger partial charge in [0.2, 0.25) is 0 Å². The molecule has 0 aliphatic heterocycles. The normalized spacial score (nSPS) is 11.4. The maximum atomic E-state index is 14.4. The van der Waals surface area contributed by atoms with Gasteiger partial charge in [0, 0.05) is 52.3 Å². The van der Waals surface area contributed by atoms with Crippen molar-refractivity contribution < 1.29 is 4.39 Å². The molecule has 0 amide bonds. The summed E-state index contributed by atoms with van der Waals surface area (Å²) < 4.78 is 14.4. The number of fused-ring (bicyclic) bond motifs is 2. The first-order chi connectivity index (χ1) is 15.3. The second kappa shape index (κ2) is 6.81. The van der Waals surface area contributed by atoms with Crippen LogP contribution in [0.2, 0.25) is 0 Å². The van der Waals surface area contributed by atoms with Crippen molar-refractivity contribution in [1.82, 2.24) is 35.1 Å². The SMILES string of the molecule is Fc1ccccc1-c1cncc2[nH]c(-c3[nH]nc4ncc(-c5cnccn5)cc34)cc12. The van der Waals surface area contributed by atoms with E-state index in [0.717, 1.165) is 44.5 Å².